The minimum Gasteiger partial charge on any atom is -0.447 e. The van der Waals surface area contributed by atoms with Crippen LogP contribution in [0.5, 0.6) is 0 Å². The zero-order valence-electron chi connectivity index (χ0n) is 28.7. The lowest BCUT2D eigenvalue weighted by Gasteiger charge is -2.38. The second-order valence-electron chi connectivity index (χ2n) is 13.2. The first kappa shape index (κ1) is 39.0. The van der Waals surface area contributed by atoms with Crippen molar-refractivity contribution in [3.63, 3.8) is 0 Å². The third-order valence-electron chi connectivity index (χ3n) is 9.60. The van der Waals surface area contributed by atoms with E-state index in [1.165, 1.54) is 7.11 Å². The van der Waals surface area contributed by atoms with Crippen LogP contribution in [0.2, 0.25) is 0 Å². The fraction of sp³-hybridized carbons (Fsp3) is 0.595. The molecule has 272 valence electrons. The van der Waals surface area contributed by atoms with E-state index >= 15 is 0 Å². The Hall–Kier alpha value is -2.84. The molecule has 4 rings (SSSR count). The van der Waals surface area contributed by atoms with Crippen LogP contribution in [0.4, 0.5) is 4.79 Å². The standard InChI is InChI=1S/C37H53NO10S/c1-6-16-44-17-10-11-28-19-25(3)32(46-28)15-14-29-18-24(2)26(4)33(47-29)21-34-31(23-49(41,42)30-12-8-7-9-13-30)36(43-5)35(48-34)20-27(39)22-45-37(38)40/h6-13,24,27-29,31-36,39H,1,3-4,14-23H2,2,5H3,(H2,38,40)/b11-10+/t24-,27?,28+,29+,31+,32+,33-,34+,35-,36-/m1/s1. The number of ether oxygens (including phenoxy) is 6. The summed E-state index contributed by atoms with van der Waals surface area (Å²) in [4.78, 5) is 11.3. The zero-order chi connectivity index (χ0) is 35.6. The fourth-order valence-electron chi connectivity index (χ4n) is 7.07. The van der Waals surface area contributed by atoms with Crippen LogP contribution in [0.15, 0.2) is 84.3 Å². The number of hydrogen-bond acceptors (Lipinski definition) is 10. The molecule has 1 unspecified atom stereocenters. The summed E-state index contributed by atoms with van der Waals surface area (Å²) >= 11 is 0. The van der Waals surface area contributed by atoms with Crippen LogP contribution in [0.25, 0.3) is 0 Å². The molecular weight excluding hydrogens is 650 g/mol. The molecular formula is C37H53NO10S. The highest BCUT2D eigenvalue weighted by atomic mass is 32.2. The molecule has 1 aromatic rings. The lowest BCUT2D eigenvalue weighted by Crippen LogP contribution is -2.40. The number of amides is 1. The lowest BCUT2D eigenvalue weighted by molar-refractivity contribution is -0.0787. The van der Waals surface area contributed by atoms with Gasteiger partial charge in [-0.2, -0.15) is 0 Å². The van der Waals surface area contributed by atoms with Gasteiger partial charge in [-0.1, -0.05) is 56.5 Å². The molecule has 3 heterocycles. The van der Waals surface area contributed by atoms with Gasteiger partial charge in [-0.15, -0.1) is 6.58 Å². The van der Waals surface area contributed by atoms with Gasteiger partial charge in [-0.25, -0.2) is 13.2 Å². The topological polar surface area (TPSA) is 153 Å². The Morgan fingerprint density at radius 1 is 1.10 bits per heavy atom. The van der Waals surface area contributed by atoms with E-state index < -0.39 is 46.3 Å². The van der Waals surface area contributed by atoms with E-state index in [9.17, 15) is 18.3 Å². The molecule has 1 aromatic carbocycles. The van der Waals surface area contributed by atoms with E-state index in [0.717, 1.165) is 36.8 Å². The van der Waals surface area contributed by atoms with Crippen molar-refractivity contribution in [2.45, 2.75) is 99.2 Å². The van der Waals surface area contributed by atoms with Crippen molar-refractivity contribution in [2.24, 2.45) is 17.6 Å². The van der Waals surface area contributed by atoms with Gasteiger partial charge < -0.3 is 39.3 Å². The highest BCUT2D eigenvalue weighted by Crippen LogP contribution is 2.41. The first-order valence-corrected chi connectivity index (χ1v) is 18.7. The minimum atomic E-state index is -3.72. The maximum absolute atomic E-state index is 13.6. The monoisotopic (exact) mass is 703 g/mol. The second-order valence-corrected chi connectivity index (χ2v) is 15.3. The Balaban J connectivity index is 1.44. The van der Waals surface area contributed by atoms with Crippen LogP contribution in [0.3, 0.4) is 0 Å². The fourth-order valence-corrected chi connectivity index (χ4v) is 8.74. The summed E-state index contributed by atoms with van der Waals surface area (Å²) in [5, 5.41) is 10.6. The number of nitrogens with two attached hydrogens (primary N) is 1. The summed E-state index contributed by atoms with van der Waals surface area (Å²) < 4.78 is 62.7. The number of aliphatic hydroxyl groups is 1. The van der Waals surface area contributed by atoms with E-state index in [1.54, 1.807) is 36.4 Å². The zero-order valence-corrected chi connectivity index (χ0v) is 29.5. The quantitative estimate of drug-likeness (QED) is 0.163. The number of carbonyl (C=O) groups is 1. The van der Waals surface area contributed by atoms with E-state index in [-0.39, 0.29) is 54.0 Å². The minimum absolute atomic E-state index is 0.0327. The molecule has 10 atom stereocenters. The molecule has 0 aromatic heterocycles. The Bertz CT molecular complexity index is 1400. The van der Waals surface area contributed by atoms with Gasteiger partial charge in [-0.05, 0) is 48.5 Å². The number of sulfone groups is 1. The number of aliphatic hydroxyl groups excluding tert-OH is 1. The lowest BCUT2D eigenvalue weighted by atomic mass is 9.83. The molecule has 3 aliphatic heterocycles. The van der Waals surface area contributed by atoms with E-state index in [4.69, 9.17) is 34.2 Å². The number of hydrogen-bond donors (Lipinski definition) is 2. The molecule has 0 bridgehead atoms. The molecule has 0 radical (unpaired) electrons. The normalized spacial score (nSPS) is 31.3. The molecule has 12 heteroatoms. The van der Waals surface area contributed by atoms with Crippen molar-refractivity contribution in [3.05, 3.63) is 79.4 Å². The van der Waals surface area contributed by atoms with Gasteiger partial charge in [-0.3, -0.25) is 0 Å². The molecule has 0 spiro atoms. The predicted octanol–water partition coefficient (Wildman–Crippen LogP) is 4.70. The summed E-state index contributed by atoms with van der Waals surface area (Å²) in [6.07, 6.45) is 4.72. The molecule has 3 fully saturated rings. The molecule has 0 aliphatic carbocycles. The molecule has 0 saturated carbocycles. The number of methoxy groups -OCH3 is 1. The van der Waals surface area contributed by atoms with Crippen molar-refractivity contribution in [1.82, 2.24) is 0 Å². The van der Waals surface area contributed by atoms with Crippen LogP contribution < -0.4 is 5.73 Å². The van der Waals surface area contributed by atoms with Gasteiger partial charge in [0, 0.05) is 32.3 Å². The first-order chi connectivity index (χ1) is 23.4. The van der Waals surface area contributed by atoms with E-state index in [0.29, 0.717) is 19.6 Å². The van der Waals surface area contributed by atoms with Gasteiger partial charge >= 0.3 is 6.09 Å². The smallest absolute Gasteiger partial charge is 0.404 e. The number of rotatable bonds is 18. The Morgan fingerprint density at radius 3 is 2.55 bits per heavy atom. The van der Waals surface area contributed by atoms with Gasteiger partial charge in [0.05, 0.1) is 72.7 Å². The Kier molecular flexibility index (Phi) is 14.6. The highest BCUT2D eigenvalue weighted by Gasteiger charge is 2.49. The third-order valence-corrected chi connectivity index (χ3v) is 11.4. The van der Waals surface area contributed by atoms with Crippen molar-refractivity contribution >= 4 is 15.9 Å². The number of carbonyl (C=O) groups excluding carboxylic acids is 1. The van der Waals surface area contributed by atoms with Crippen molar-refractivity contribution in [1.29, 1.82) is 0 Å². The van der Waals surface area contributed by atoms with Gasteiger partial charge in [0.2, 0.25) is 0 Å². The van der Waals surface area contributed by atoms with E-state index in [2.05, 4.69) is 26.7 Å². The van der Waals surface area contributed by atoms with Crippen molar-refractivity contribution in [2.75, 3.05) is 32.7 Å². The molecule has 3 aliphatic rings. The summed E-state index contributed by atoms with van der Waals surface area (Å²) in [7, 11) is -2.21. The Morgan fingerprint density at radius 2 is 1.86 bits per heavy atom. The maximum Gasteiger partial charge on any atom is 0.404 e. The third kappa shape index (κ3) is 11.1. The van der Waals surface area contributed by atoms with Crippen LogP contribution in [-0.4, -0.2) is 101 Å². The molecule has 3 N–H and O–H groups in total. The Labute approximate surface area is 291 Å². The number of primary amides is 1. The molecule has 49 heavy (non-hydrogen) atoms. The van der Waals surface area contributed by atoms with Crippen LogP contribution in [-0.2, 0) is 38.3 Å². The van der Waals surface area contributed by atoms with E-state index in [1.807, 2.05) is 12.2 Å². The molecule has 1 amide bonds. The van der Waals surface area contributed by atoms with Crippen molar-refractivity contribution in [3.8, 4) is 0 Å². The van der Waals surface area contributed by atoms with Crippen molar-refractivity contribution < 1.29 is 46.7 Å². The summed E-state index contributed by atoms with van der Waals surface area (Å²) in [6.45, 7) is 15.1. The average molecular weight is 704 g/mol. The SMILES string of the molecule is C=CCOC/C=C/[C@H]1CC(=C)[C@H](CC[C@H]2C[C@@H](C)C(=C)[C@@H](C[C@@H]3O[C@H](CC(O)COC(N)=O)[C@H](OC)[C@H]3CS(=O)(=O)c3ccccc3)O2)O1. The highest BCUT2D eigenvalue weighted by molar-refractivity contribution is 7.91. The van der Waals surface area contributed by atoms with Crippen LogP contribution in [0, 0.1) is 11.8 Å². The summed E-state index contributed by atoms with van der Waals surface area (Å²) in [5.74, 6) is -0.615. The van der Waals surface area contributed by atoms with Gasteiger partial charge in [0.15, 0.2) is 9.84 Å². The molecule has 11 nitrogen and oxygen atoms in total. The maximum atomic E-state index is 13.6. The number of benzene rings is 1. The second kappa shape index (κ2) is 18.4. The van der Waals surface area contributed by atoms with Gasteiger partial charge in [0.1, 0.15) is 6.61 Å². The predicted molar refractivity (Wildman–Crippen MR) is 186 cm³/mol. The van der Waals surface area contributed by atoms with Gasteiger partial charge in [0.25, 0.3) is 0 Å². The average Bonchev–Trinajstić information content (AvgIpc) is 3.58. The summed E-state index contributed by atoms with van der Waals surface area (Å²) in [6, 6.07) is 8.28. The summed E-state index contributed by atoms with van der Waals surface area (Å²) in [5.41, 5.74) is 7.07. The molecule has 3 saturated heterocycles. The largest absolute Gasteiger partial charge is 0.447 e. The first-order valence-electron chi connectivity index (χ1n) is 17.0. The van der Waals surface area contributed by atoms with Crippen LogP contribution >= 0.6 is 0 Å². The van der Waals surface area contributed by atoms with Crippen LogP contribution in [0.1, 0.15) is 45.4 Å².